The Morgan fingerprint density at radius 1 is 1.21 bits per heavy atom. The van der Waals surface area contributed by atoms with Crippen molar-refractivity contribution in [3.63, 3.8) is 0 Å². The molecular formula is C17H16F3NO3. The molecule has 1 unspecified atom stereocenters. The number of rotatable bonds is 4. The van der Waals surface area contributed by atoms with Crippen LogP contribution in [0.5, 0.6) is 11.5 Å². The number of hydrogen-bond acceptors (Lipinski definition) is 3. The lowest BCUT2D eigenvalue weighted by molar-refractivity contribution is -0.137. The molecule has 2 aromatic carbocycles. The van der Waals surface area contributed by atoms with Gasteiger partial charge in [-0.3, -0.25) is 4.79 Å². The van der Waals surface area contributed by atoms with E-state index in [1.165, 1.54) is 37.4 Å². The molecule has 7 heteroatoms. The van der Waals surface area contributed by atoms with E-state index in [-0.39, 0.29) is 17.1 Å². The summed E-state index contributed by atoms with van der Waals surface area (Å²) in [6, 6.07) is 8.46. The Hall–Kier alpha value is -2.70. The van der Waals surface area contributed by atoms with Crippen LogP contribution in [0.25, 0.3) is 0 Å². The Labute approximate surface area is 136 Å². The van der Waals surface area contributed by atoms with Crippen LogP contribution >= 0.6 is 0 Å². The minimum atomic E-state index is -4.45. The Bertz CT molecular complexity index is 744. The molecule has 24 heavy (non-hydrogen) atoms. The molecule has 0 saturated carbocycles. The maximum absolute atomic E-state index is 12.8. The topological polar surface area (TPSA) is 58.6 Å². The molecule has 0 aliphatic heterocycles. The van der Waals surface area contributed by atoms with Gasteiger partial charge in [0.05, 0.1) is 24.3 Å². The maximum Gasteiger partial charge on any atom is 0.416 e. The quantitative estimate of drug-likeness (QED) is 0.888. The van der Waals surface area contributed by atoms with Crippen molar-refractivity contribution in [1.82, 2.24) is 5.32 Å². The standard InChI is InChI=1S/C17H16F3NO3/c1-10(11-5-3-6-12(9-11)17(18,19)20)21-16(23)13-7-4-8-14(24-2)15(13)22/h3-10,22H,1-2H3,(H,21,23). The molecule has 0 spiro atoms. The summed E-state index contributed by atoms with van der Waals surface area (Å²) in [7, 11) is 1.35. The van der Waals surface area contributed by atoms with Crippen molar-refractivity contribution in [3.05, 3.63) is 59.2 Å². The van der Waals surface area contributed by atoms with Gasteiger partial charge in [0.15, 0.2) is 11.5 Å². The van der Waals surface area contributed by atoms with Gasteiger partial charge in [0, 0.05) is 0 Å². The number of alkyl halides is 3. The van der Waals surface area contributed by atoms with Crippen molar-refractivity contribution >= 4 is 5.91 Å². The molecule has 2 N–H and O–H groups in total. The van der Waals surface area contributed by atoms with E-state index in [1.807, 2.05) is 0 Å². The van der Waals surface area contributed by atoms with E-state index in [0.717, 1.165) is 12.1 Å². The van der Waals surface area contributed by atoms with Crippen molar-refractivity contribution in [2.45, 2.75) is 19.1 Å². The number of carbonyl (C=O) groups excluding carboxylic acids is 1. The molecule has 1 atom stereocenters. The number of nitrogens with one attached hydrogen (secondary N) is 1. The summed E-state index contributed by atoms with van der Waals surface area (Å²) in [4.78, 5) is 12.3. The lowest BCUT2D eigenvalue weighted by Crippen LogP contribution is -2.27. The van der Waals surface area contributed by atoms with E-state index in [9.17, 15) is 23.1 Å². The van der Waals surface area contributed by atoms with E-state index in [4.69, 9.17) is 4.74 Å². The van der Waals surface area contributed by atoms with Crippen LogP contribution in [0.3, 0.4) is 0 Å². The molecule has 0 bridgehead atoms. The van der Waals surface area contributed by atoms with Gasteiger partial charge in [-0.25, -0.2) is 0 Å². The van der Waals surface area contributed by atoms with Gasteiger partial charge >= 0.3 is 6.18 Å². The van der Waals surface area contributed by atoms with Crippen molar-refractivity contribution in [2.24, 2.45) is 0 Å². The summed E-state index contributed by atoms with van der Waals surface area (Å²) in [5.74, 6) is -0.806. The zero-order valence-corrected chi connectivity index (χ0v) is 13.0. The molecule has 128 valence electrons. The van der Waals surface area contributed by atoms with E-state index in [0.29, 0.717) is 5.56 Å². The van der Waals surface area contributed by atoms with Crippen molar-refractivity contribution in [2.75, 3.05) is 7.11 Å². The zero-order valence-electron chi connectivity index (χ0n) is 13.0. The van der Waals surface area contributed by atoms with Gasteiger partial charge in [0.25, 0.3) is 5.91 Å². The Morgan fingerprint density at radius 3 is 2.50 bits per heavy atom. The zero-order chi connectivity index (χ0) is 17.9. The predicted octanol–water partition coefficient (Wildman–Crippen LogP) is 3.91. The smallest absolute Gasteiger partial charge is 0.416 e. The van der Waals surface area contributed by atoms with Crippen LogP contribution in [0.1, 0.15) is 34.5 Å². The SMILES string of the molecule is COc1cccc(C(=O)NC(C)c2cccc(C(F)(F)F)c2)c1O. The summed E-state index contributed by atoms with van der Waals surface area (Å²) >= 11 is 0. The highest BCUT2D eigenvalue weighted by Gasteiger charge is 2.30. The number of carbonyl (C=O) groups is 1. The van der Waals surface area contributed by atoms with Crippen LogP contribution in [0.2, 0.25) is 0 Å². The minimum Gasteiger partial charge on any atom is -0.504 e. The number of phenols is 1. The van der Waals surface area contributed by atoms with Gasteiger partial charge in [0.1, 0.15) is 0 Å². The van der Waals surface area contributed by atoms with E-state index >= 15 is 0 Å². The number of halogens is 3. The highest BCUT2D eigenvalue weighted by atomic mass is 19.4. The molecule has 0 aromatic heterocycles. The average Bonchev–Trinajstić information content (AvgIpc) is 2.54. The van der Waals surface area contributed by atoms with Crippen LogP contribution in [-0.2, 0) is 6.18 Å². The summed E-state index contributed by atoms with van der Waals surface area (Å²) in [6.07, 6.45) is -4.45. The molecule has 0 saturated heterocycles. The highest BCUT2D eigenvalue weighted by molar-refractivity contribution is 5.97. The first-order valence-electron chi connectivity index (χ1n) is 7.08. The number of methoxy groups -OCH3 is 1. The largest absolute Gasteiger partial charge is 0.504 e. The first-order chi connectivity index (χ1) is 11.2. The molecule has 0 heterocycles. The van der Waals surface area contributed by atoms with Crippen molar-refractivity contribution in [3.8, 4) is 11.5 Å². The second-order valence-electron chi connectivity index (χ2n) is 5.17. The van der Waals surface area contributed by atoms with E-state index in [2.05, 4.69) is 5.32 Å². The van der Waals surface area contributed by atoms with Crippen LogP contribution in [0, 0.1) is 0 Å². The number of para-hydroxylation sites is 1. The number of phenolic OH excluding ortho intramolecular Hbond substituents is 1. The second kappa shape index (κ2) is 6.82. The number of amides is 1. The number of benzene rings is 2. The first-order valence-corrected chi connectivity index (χ1v) is 7.08. The summed E-state index contributed by atoms with van der Waals surface area (Å²) in [5, 5.41) is 12.5. The van der Waals surface area contributed by atoms with Gasteiger partial charge in [-0.05, 0) is 36.8 Å². The number of aromatic hydroxyl groups is 1. The van der Waals surface area contributed by atoms with Crippen molar-refractivity contribution in [1.29, 1.82) is 0 Å². The normalized spacial score (nSPS) is 12.5. The highest BCUT2D eigenvalue weighted by Crippen LogP contribution is 2.32. The van der Waals surface area contributed by atoms with Crippen LogP contribution in [0.4, 0.5) is 13.2 Å². The van der Waals surface area contributed by atoms with Crippen LogP contribution < -0.4 is 10.1 Å². The molecule has 4 nitrogen and oxygen atoms in total. The predicted molar refractivity (Wildman–Crippen MR) is 82.0 cm³/mol. The van der Waals surface area contributed by atoms with Gasteiger partial charge in [-0.1, -0.05) is 18.2 Å². The van der Waals surface area contributed by atoms with Crippen molar-refractivity contribution < 1.29 is 27.8 Å². The fourth-order valence-electron chi connectivity index (χ4n) is 2.21. The number of hydrogen-bond donors (Lipinski definition) is 2. The molecule has 2 aromatic rings. The molecule has 0 radical (unpaired) electrons. The molecular weight excluding hydrogens is 323 g/mol. The number of ether oxygens (including phenoxy) is 1. The van der Waals surface area contributed by atoms with Gasteiger partial charge in [-0.2, -0.15) is 13.2 Å². The van der Waals surface area contributed by atoms with E-state index < -0.39 is 23.7 Å². The Morgan fingerprint density at radius 2 is 1.88 bits per heavy atom. The lowest BCUT2D eigenvalue weighted by Gasteiger charge is -2.17. The van der Waals surface area contributed by atoms with E-state index in [1.54, 1.807) is 6.92 Å². The maximum atomic E-state index is 12.8. The fourth-order valence-corrected chi connectivity index (χ4v) is 2.21. The van der Waals surface area contributed by atoms with Gasteiger partial charge < -0.3 is 15.2 Å². The summed E-state index contributed by atoms with van der Waals surface area (Å²) in [5.41, 5.74) is -0.501. The third kappa shape index (κ3) is 3.79. The summed E-state index contributed by atoms with van der Waals surface area (Å²) in [6.45, 7) is 1.56. The minimum absolute atomic E-state index is 0.0202. The molecule has 0 aliphatic rings. The first kappa shape index (κ1) is 17.7. The second-order valence-corrected chi connectivity index (χ2v) is 5.17. The fraction of sp³-hybridized carbons (Fsp3) is 0.235. The Balaban J connectivity index is 2.21. The Kier molecular flexibility index (Phi) is 5.02. The van der Waals surface area contributed by atoms with Gasteiger partial charge in [-0.15, -0.1) is 0 Å². The lowest BCUT2D eigenvalue weighted by atomic mass is 10.0. The molecule has 0 aliphatic carbocycles. The molecule has 1 amide bonds. The summed E-state index contributed by atoms with van der Waals surface area (Å²) < 4.78 is 43.2. The average molecular weight is 339 g/mol. The van der Waals surface area contributed by atoms with Gasteiger partial charge in [0.2, 0.25) is 0 Å². The molecule has 0 fully saturated rings. The third-order valence-electron chi connectivity index (χ3n) is 3.53. The van der Waals surface area contributed by atoms with Crippen LogP contribution in [0.15, 0.2) is 42.5 Å². The molecule has 2 rings (SSSR count). The monoisotopic (exact) mass is 339 g/mol. The van der Waals surface area contributed by atoms with Crippen LogP contribution in [-0.4, -0.2) is 18.1 Å². The third-order valence-corrected chi connectivity index (χ3v) is 3.53.